The van der Waals surface area contributed by atoms with Crippen LogP contribution in [0, 0.1) is 0 Å². The van der Waals surface area contributed by atoms with Crippen molar-refractivity contribution in [3.8, 4) is 17.2 Å². The van der Waals surface area contributed by atoms with Crippen molar-refractivity contribution in [2.75, 3.05) is 6.61 Å². The van der Waals surface area contributed by atoms with Crippen molar-refractivity contribution in [2.45, 2.75) is 42.7 Å². The van der Waals surface area contributed by atoms with E-state index in [-0.39, 0.29) is 28.6 Å². The lowest BCUT2D eigenvalue weighted by Gasteiger charge is -2.71. The van der Waals surface area contributed by atoms with Crippen molar-refractivity contribution < 1.29 is 37.0 Å². The Morgan fingerprint density at radius 2 is 1.79 bits per heavy atom. The molecular formula is C21H16Cl2F3N3O5. The molecule has 1 aliphatic heterocycles. The van der Waals surface area contributed by atoms with Gasteiger partial charge in [-0.2, -0.15) is 0 Å². The van der Waals surface area contributed by atoms with Crippen LogP contribution in [0.1, 0.15) is 35.3 Å². The van der Waals surface area contributed by atoms with E-state index in [9.17, 15) is 22.8 Å². The Morgan fingerprint density at radius 1 is 1.15 bits per heavy atom. The second kappa shape index (κ2) is 7.54. The van der Waals surface area contributed by atoms with Crippen molar-refractivity contribution in [1.82, 2.24) is 10.3 Å². The molecule has 0 saturated heterocycles. The summed E-state index contributed by atoms with van der Waals surface area (Å²) in [5.41, 5.74) is 4.32. The number of amides is 2. The quantitative estimate of drug-likeness (QED) is 0.627. The second-order valence-corrected chi connectivity index (χ2v) is 9.50. The summed E-state index contributed by atoms with van der Waals surface area (Å²) < 4.78 is 53.1. The molecule has 6 rings (SSSR count). The number of primary amides is 1. The van der Waals surface area contributed by atoms with Crippen LogP contribution in [0.15, 0.2) is 24.4 Å². The first kappa shape index (κ1) is 22.9. The smallest absolute Gasteiger partial charge is 0.485 e. The summed E-state index contributed by atoms with van der Waals surface area (Å²) in [6, 6.07) is 4.09. The normalized spacial score (nSPS) is 26.7. The topological polar surface area (TPSA) is 113 Å². The molecule has 1 atom stereocenters. The van der Waals surface area contributed by atoms with Crippen LogP contribution in [0.2, 0.25) is 10.0 Å². The number of carbonyl (C=O) groups excluding carboxylic acids is 2. The number of hydrogen-bond acceptors (Lipinski definition) is 6. The maximum absolute atomic E-state index is 12.8. The maximum Gasteiger partial charge on any atom is 0.573 e. The molecule has 0 spiro atoms. The number of alkyl halides is 3. The fourth-order valence-corrected chi connectivity index (χ4v) is 5.29. The van der Waals surface area contributed by atoms with Gasteiger partial charge in [0.15, 0.2) is 11.5 Å². The Hall–Kier alpha value is -2.92. The van der Waals surface area contributed by atoms with Gasteiger partial charge in [-0.3, -0.25) is 9.59 Å². The highest BCUT2D eigenvalue weighted by molar-refractivity contribution is 6.42. The highest BCUT2D eigenvalue weighted by Crippen LogP contribution is 2.68. The Labute approximate surface area is 200 Å². The summed E-state index contributed by atoms with van der Waals surface area (Å²) in [7, 11) is 0. The van der Waals surface area contributed by atoms with Crippen LogP contribution in [0.3, 0.4) is 0 Å². The van der Waals surface area contributed by atoms with Gasteiger partial charge in [-0.15, -0.1) is 13.2 Å². The maximum atomic E-state index is 12.8. The van der Waals surface area contributed by atoms with Gasteiger partial charge < -0.3 is 25.3 Å². The Bertz CT molecular complexity index is 1200. The fourth-order valence-electron chi connectivity index (χ4n) is 4.98. The van der Waals surface area contributed by atoms with Crippen LogP contribution in [0.25, 0.3) is 0 Å². The van der Waals surface area contributed by atoms with Crippen LogP contribution < -0.4 is 25.3 Å². The Kier molecular flexibility index (Phi) is 5.07. The van der Waals surface area contributed by atoms with Crippen molar-refractivity contribution in [1.29, 1.82) is 0 Å². The molecule has 1 aromatic carbocycles. The van der Waals surface area contributed by atoms with Crippen LogP contribution in [-0.4, -0.2) is 41.4 Å². The molecule has 3 N–H and O–H groups in total. The molecule has 4 aliphatic rings. The van der Waals surface area contributed by atoms with E-state index in [0.717, 1.165) is 12.3 Å². The third kappa shape index (κ3) is 3.86. The van der Waals surface area contributed by atoms with Crippen molar-refractivity contribution in [3.63, 3.8) is 0 Å². The first-order valence-electron chi connectivity index (χ1n) is 10.1. The molecule has 2 aromatic rings. The summed E-state index contributed by atoms with van der Waals surface area (Å²) in [5.74, 6) is -1.15. The Balaban J connectivity index is 1.27. The standard InChI is InChI=1S/C21H16Cl2F3N3O5/c22-11-2-13-14(3-12(11)23)33-15(5-32-13)18(31)29-20-6-19(7-20,8-20)10-1-9(34-21(24,25)26)4-28-16(10)17(27)30/h1-4,15H,5-8H2,(H2,27,30)(H,29,31). The third-order valence-corrected chi connectivity index (χ3v) is 6.98. The van der Waals surface area contributed by atoms with E-state index >= 15 is 0 Å². The van der Waals surface area contributed by atoms with Gasteiger partial charge >= 0.3 is 6.36 Å². The highest BCUT2D eigenvalue weighted by Gasteiger charge is 2.70. The van der Waals surface area contributed by atoms with Crippen molar-refractivity contribution >= 4 is 35.0 Å². The highest BCUT2D eigenvalue weighted by atomic mass is 35.5. The molecular weight excluding hydrogens is 502 g/mol. The van der Waals surface area contributed by atoms with E-state index < -0.39 is 41.0 Å². The number of fused-ring (bicyclic) bond motifs is 1. The first-order valence-corrected chi connectivity index (χ1v) is 10.8. The average Bonchev–Trinajstić information content (AvgIpc) is 2.68. The van der Waals surface area contributed by atoms with Crippen molar-refractivity contribution in [2.24, 2.45) is 5.73 Å². The van der Waals surface area contributed by atoms with E-state index in [4.69, 9.17) is 38.4 Å². The number of nitrogens with one attached hydrogen (secondary N) is 1. The van der Waals surface area contributed by atoms with E-state index in [0.29, 0.717) is 30.0 Å². The summed E-state index contributed by atoms with van der Waals surface area (Å²) >= 11 is 12.0. The molecule has 2 amide bonds. The molecule has 8 nitrogen and oxygen atoms in total. The first-order chi connectivity index (χ1) is 15.9. The molecule has 34 heavy (non-hydrogen) atoms. The lowest BCUT2D eigenvalue weighted by Crippen LogP contribution is -2.77. The zero-order valence-corrected chi connectivity index (χ0v) is 18.7. The average molecular weight is 518 g/mol. The fraction of sp³-hybridized carbons (Fsp3) is 0.381. The van der Waals surface area contributed by atoms with Gasteiger partial charge in [0.2, 0.25) is 6.10 Å². The summed E-state index contributed by atoms with van der Waals surface area (Å²) in [6.45, 7) is -0.0371. The van der Waals surface area contributed by atoms with Gasteiger partial charge in [0.05, 0.1) is 16.2 Å². The van der Waals surface area contributed by atoms with Gasteiger partial charge in [-0.05, 0) is 30.9 Å². The number of benzene rings is 1. The number of nitrogens with zero attached hydrogens (tertiary/aromatic N) is 1. The van der Waals surface area contributed by atoms with Crippen LogP contribution in [0.5, 0.6) is 17.2 Å². The monoisotopic (exact) mass is 517 g/mol. The minimum absolute atomic E-state index is 0.0371. The number of aromatic nitrogens is 1. The van der Waals surface area contributed by atoms with Gasteiger partial charge in [-0.1, -0.05) is 23.2 Å². The van der Waals surface area contributed by atoms with Crippen LogP contribution in [0.4, 0.5) is 13.2 Å². The minimum Gasteiger partial charge on any atom is -0.485 e. The number of halogens is 5. The van der Waals surface area contributed by atoms with E-state index in [1.54, 1.807) is 0 Å². The lowest BCUT2D eigenvalue weighted by atomic mass is 9.37. The summed E-state index contributed by atoms with van der Waals surface area (Å²) in [5, 5.41) is 3.47. The number of carbonyl (C=O) groups is 2. The molecule has 3 fully saturated rings. The molecule has 2 heterocycles. The number of pyridine rings is 1. The van der Waals surface area contributed by atoms with E-state index in [1.807, 2.05) is 0 Å². The van der Waals surface area contributed by atoms with E-state index in [1.165, 1.54) is 12.1 Å². The molecule has 13 heteroatoms. The number of rotatable bonds is 5. The number of nitrogens with two attached hydrogens (primary N) is 1. The molecule has 1 unspecified atom stereocenters. The van der Waals surface area contributed by atoms with Crippen LogP contribution >= 0.6 is 23.2 Å². The molecule has 2 bridgehead atoms. The van der Waals surface area contributed by atoms with E-state index in [2.05, 4.69) is 15.0 Å². The van der Waals surface area contributed by atoms with Gasteiger partial charge in [0.1, 0.15) is 18.1 Å². The third-order valence-electron chi connectivity index (χ3n) is 6.26. The molecule has 1 aromatic heterocycles. The molecule has 3 saturated carbocycles. The van der Waals surface area contributed by atoms with Gasteiger partial charge in [-0.25, -0.2) is 4.98 Å². The predicted octanol–water partition coefficient (Wildman–Crippen LogP) is 3.52. The zero-order chi connectivity index (χ0) is 24.5. The van der Waals surface area contributed by atoms with Gasteiger partial charge in [0, 0.05) is 23.1 Å². The zero-order valence-electron chi connectivity index (χ0n) is 17.2. The lowest BCUT2D eigenvalue weighted by molar-refractivity contribution is -0.274. The summed E-state index contributed by atoms with van der Waals surface area (Å²) in [6.07, 6.45) is -3.84. The Morgan fingerprint density at radius 3 is 2.41 bits per heavy atom. The second-order valence-electron chi connectivity index (χ2n) is 8.69. The SMILES string of the molecule is NC(=O)c1ncc(OC(F)(F)F)cc1C12CC(NC(=O)C3COc4cc(Cl)c(Cl)cc4O3)(C1)C2. The number of hydrogen-bond donors (Lipinski definition) is 2. The largest absolute Gasteiger partial charge is 0.573 e. The predicted molar refractivity (Wildman–Crippen MR) is 112 cm³/mol. The molecule has 180 valence electrons. The molecule has 3 aliphatic carbocycles. The van der Waals surface area contributed by atoms with Crippen LogP contribution in [-0.2, 0) is 10.2 Å². The number of ether oxygens (including phenoxy) is 3. The molecule has 0 radical (unpaired) electrons. The van der Waals surface area contributed by atoms with Crippen molar-refractivity contribution in [3.05, 3.63) is 45.7 Å². The minimum atomic E-state index is -4.90. The summed E-state index contributed by atoms with van der Waals surface area (Å²) in [4.78, 5) is 28.4. The van der Waals surface area contributed by atoms with Gasteiger partial charge in [0.25, 0.3) is 11.8 Å².